The number of rotatable bonds is 2. The Morgan fingerprint density at radius 1 is 1.10 bits per heavy atom. The van der Waals surface area contributed by atoms with Gasteiger partial charge in [0.25, 0.3) is 5.91 Å². The summed E-state index contributed by atoms with van der Waals surface area (Å²) >= 11 is 0. The molecule has 20 heavy (non-hydrogen) atoms. The molecule has 3 rings (SSSR count). The first-order valence-electron chi connectivity index (χ1n) is 6.02. The van der Waals surface area contributed by atoms with Gasteiger partial charge >= 0.3 is 0 Å². The van der Waals surface area contributed by atoms with Gasteiger partial charge in [-0.1, -0.05) is 29.5 Å². The van der Waals surface area contributed by atoms with Crippen LogP contribution in [0.5, 0.6) is 0 Å². The molecule has 3 aromatic rings. The third kappa shape index (κ3) is 2.33. The van der Waals surface area contributed by atoms with Crippen molar-refractivity contribution in [2.75, 3.05) is 0 Å². The lowest BCUT2D eigenvalue weighted by molar-refractivity contribution is 0.0958. The topological polar surface area (TPSA) is 47.8 Å². The van der Waals surface area contributed by atoms with Gasteiger partial charge in [0.05, 0.1) is 5.52 Å². The highest BCUT2D eigenvalue weighted by Crippen LogP contribution is 2.10. The molecular weight excluding hydrogens is 257 g/mol. The summed E-state index contributed by atoms with van der Waals surface area (Å²) in [5.74, 6) is -0.612. The van der Waals surface area contributed by atoms with Crippen LogP contribution in [0.4, 0.5) is 4.39 Å². The lowest BCUT2D eigenvalue weighted by Gasteiger charge is -1.96. The van der Waals surface area contributed by atoms with E-state index in [0.717, 1.165) is 5.56 Å². The minimum atomic E-state index is -0.309. The first-order chi connectivity index (χ1) is 9.74. The van der Waals surface area contributed by atoms with Gasteiger partial charge in [-0.25, -0.2) is 4.39 Å². The number of carbonyl (C=O) groups excluding carboxylic acids is 1. The van der Waals surface area contributed by atoms with Crippen LogP contribution in [0.25, 0.3) is 17.1 Å². The number of para-hydroxylation sites is 1. The van der Waals surface area contributed by atoms with Crippen LogP contribution in [0.15, 0.2) is 54.6 Å². The average molecular weight is 267 g/mol. The number of aromatic nitrogens is 3. The van der Waals surface area contributed by atoms with Crippen LogP contribution in [0.3, 0.4) is 0 Å². The lowest BCUT2D eigenvalue weighted by atomic mass is 10.2. The van der Waals surface area contributed by atoms with Crippen LogP contribution in [0.1, 0.15) is 10.4 Å². The second-order valence-corrected chi connectivity index (χ2v) is 4.21. The van der Waals surface area contributed by atoms with E-state index in [4.69, 9.17) is 0 Å². The molecule has 4 nitrogen and oxygen atoms in total. The van der Waals surface area contributed by atoms with Crippen LogP contribution in [-0.4, -0.2) is 20.9 Å². The molecule has 0 unspecified atom stereocenters. The fourth-order valence-electron chi connectivity index (χ4n) is 1.84. The zero-order valence-corrected chi connectivity index (χ0v) is 10.4. The predicted octanol–water partition coefficient (Wildman–Crippen LogP) is 2.92. The van der Waals surface area contributed by atoms with Gasteiger partial charge in [0.2, 0.25) is 0 Å². The van der Waals surface area contributed by atoms with E-state index < -0.39 is 0 Å². The SMILES string of the molecule is O=C(C=Cc1ccc(F)cc1)n1nnc2ccccc21. The van der Waals surface area contributed by atoms with Gasteiger partial charge in [0, 0.05) is 6.08 Å². The van der Waals surface area contributed by atoms with Crippen molar-refractivity contribution in [3.8, 4) is 0 Å². The Kier molecular flexibility index (Phi) is 3.09. The summed E-state index contributed by atoms with van der Waals surface area (Å²) in [6, 6.07) is 13.1. The zero-order chi connectivity index (χ0) is 13.9. The number of benzene rings is 2. The Morgan fingerprint density at radius 3 is 2.65 bits per heavy atom. The molecule has 0 atom stereocenters. The van der Waals surface area contributed by atoms with Crippen molar-refractivity contribution in [3.05, 3.63) is 66.0 Å². The predicted molar refractivity (Wildman–Crippen MR) is 73.6 cm³/mol. The number of allylic oxidation sites excluding steroid dienone is 1. The van der Waals surface area contributed by atoms with Crippen molar-refractivity contribution in [2.45, 2.75) is 0 Å². The highest BCUT2D eigenvalue weighted by molar-refractivity contribution is 5.98. The molecule has 0 aliphatic rings. The fourth-order valence-corrected chi connectivity index (χ4v) is 1.84. The quantitative estimate of drug-likeness (QED) is 0.671. The molecular formula is C15H10FN3O. The average Bonchev–Trinajstić information content (AvgIpc) is 2.90. The van der Waals surface area contributed by atoms with E-state index in [1.54, 1.807) is 30.3 Å². The lowest BCUT2D eigenvalue weighted by Crippen LogP contribution is -2.08. The van der Waals surface area contributed by atoms with Crippen molar-refractivity contribution < 1.29 is 9.18 Å². The van der Waals surface area contributed by atoms with Crippen molar-refractivity contribution in [3.63, 3.8) is 0 Å². The summed E-state index contributed by atoms with van der Waals surface area (Å²) in [4.78, 5) is 12.1. The maximum Gasteiger partial charge on any atom is 0.272 e. The smallest absolute Gasteiger partial charge is 0.267 e. The van der Waals surface area contributed by atoms with Gasteiger partial charge in [0.15, 0.2) is 0 Å². The van der Waals surface area contributed by atoms with E-state index >= 15 is 0 Å². The molecule has 0 N–H and O–H groups in total. The summed E-state index contributed by atoms with van der Waals surface area (Å²) in [7, 11) is 0. The monoisotopic (exact) mass is 267 g/mol. The van der Waals surface area contributed by atoms with Gasteiger partial charge in [-0.2, -0.15) is 4.68 Å². The van der Waals surface area contributed by atoms with Gasteiger partial charge in [-0.05, 0) is 35.9 Å². The molecule has 0 amide bonds. The van der Waals surface area contributed by atoms with Gasteiger partial charge < -0.3 is 0 Å². The van der Waals surface area contributed by atoms with Crippen molar-refractivity contribution in [1.82, 2.24) is 15.0 Å². The van der Waals surface area contributed by atoms with Gasteiger partial charge in [-0.3, -0.25) is 4.79 Å². The number of halogens is 1. The van der Waals surface area contributed by atoms with Crippen LogP contribution in [0.2, 0.25) is 0 Å². The van der Waals surface area contributed by atoms with Crippen LogP contribution in [-0.2, 0) is 0 Å². The summed E-state index contributed by atoms with van der Waals surface area (Å²) in [6.07, 6.45) is 2.99. The minimum absolute atomic E-state index is 0.303. The van der Waals surface area contributed by atoms with E-state index in [2.05, 4.69) is 10.3 Å². The molecule has 5 heteroatoms. The highest BCUT2D eigenvalue weighted by atomic mass is 19.1. The molecule has 1 aromatic heterocycles. The van der Waals surface area contributed by atoms with Gasteiger partial charge in [0.1, 0.15) is 11.3 Å². The summed E-state index contributed by atoms with van der Waals surface area (Å²) in [6.45, 7) is 0. The maximum atomic E-state index is 12.8. The molecule has 0 spiro atoms. The van der Waals surface area contributed by atoms with Crippen LogP contribution < -0.4 is 0 Å². The van der Waals surface area contributed by atoms with Crippen molar-refractivity contribution in [2.24, 2.45) is 0 Å². The Balaban J connectivity index is 1.87. The largest absolute Gasteiger partial charge is 0.272 e. The second kappa shape index (κ2) is 5.05. The number of hydrogen-bond acceptors (Lipinski definition) is 3. The van der Waals surface area contributed by atoms with Crippen molar-refractivity contribution in [1.29, 1.82) is 0 Å². The van der Waals surface area contributed by atoms with E-state index in [1.807, 2.05) is 12.1 Å². The molecule has 98 valence electrons. The Labute approximate surface area is 114 Å². The standard InChI is InChI=1S/C15H10FN3O/c16-12-8-5-11(6-9-12)7-10-15(20)19-14-4-2-1-3-13(14)17-18-19/h1-10H. The van der Waals surface area contributed by atoms with Gasteiger partial charge in [-0.15, -0.1) is 5.10 Å². The molecule has 2 aromatic carbocycles. The third-order valence-electron chi connectivity index (χ3n) is 2.85. The molecule has 0 bridgehead atoms. The second-order valence-electron chi connectivity index (χ2n) is 4.21. The number of carbonyl (C=O) groups is 1. The van der Waals surface area contributed by atoms with Crippen molar-refractivity contribution >= 4 is 23.0 Å². The van der Waals surface area contributed by atoms with E-state index in [1.165, 1.54) is 22.9 Å². The first-order valence-corrected chi connectivity index (χ1v) is 6.02. The normalized spacial score (nSPS) is 11.2. The van der Waals surface area contributed by atoms with E-state index in [0.29, 0.717) is 11.0 Å². The molecule has 0 fully saturated rings. The molecule has 0 aliphatic carbocycles. The number of fused-ring (bicyclic) bond motifs is 1. The Morgan fingerprint density at radius 2 is 1.85 bits per heavy atom. The molecule has 0 radical (unpaired) electrons. The number of nitrogens with zero attached hydrogens (tertiary/aromatic N) is 3. The summed E-state index contributed by atoms with van der Waals surface area (Å²) in [5, 5.41) is 7.74. The fraction of sp³-hybridized carbons (Fsp3) is 0. The number of hydrogen-bond donors (Lipinski definition) is 0. The molecule has 1 heterocycles. The zero-order valence-electron chi connectivity index (χ0n) is 10.4. The minimum Gasteiger partial charge on any atom is -0.267 e. The molecule has 0 saturated heterocycles. The third-order valence-corrected chi connectivity index (χ3v) is 2.85. The van der Waals surface area contributed by atoms with Crippen LogP contribution in [0, 0.1) is 5.82 Å². The first kappa shape index (κ1) is 12.2. The maximum absolute atomic E-state index is 12.8. The Bertz CT molecular complexity index is 790. The summed E-state index contributed by atoms with van der Waals surface area (Å²) in [5.41, 5.74) is 2.06. The van der Waals surface area contributed by atoms with Crippen LogP contribution >= 0.6 is 0 Å². The highest BCUT2D eigenvalue weighted by Gasteiger charge is 2.08. The van der Waals surface area contributed by atoms with E-state index in [9.17, 15) is 9.18 Å². The molecule has 0 saturated carbocycles. The Hall–Kier alpha value is -2.82. The van der Waals surface area contributed by atoms with E-state index in [-0.39, 0.29) is 11.7 Å². The summed E-state index contributed by atoms with van der Waals surface area (Å²) < 4.78 is 14.0. The molecule has 0 aliphatic heterocycles.